The molecule has 14 heavy (non-hydrogen) atoms. The summed E-state index contributed by atoms with van der Waals surface area (Å²) in [5.41, 5.74) is 6.50. The molecule has 0 aromatic heterocycles. The molecule has 78 valence electrons. The van der Waals surface area contributed by atoms with Crippen molar-refractivity contribution in [3.63, 3.8) is 0 Å². The molecule has 2 unspecified atom stereocenters. The van der Waals surface area contributed by atoms with Crippen molar-refractivity contribution in [1.29, 1.82) is 0 Å². The lowest BCUT2D eigenvalue weighted by Crippen LogP contribution is -2.27. The molecule has 0 fully saturated rings. The SMILES string of the molecule is CCC(N)C(O)c1cc(Cl)ccc1Br. The van der Waals surface area contributed by atoms with Gasteiger partial charge in [-0.15, -0.1) is 0 Å². The van der Waals surface area contributed by atoms with Crippen LogP contribution >= 0.6 is 27.5 Å². The maximum Gasteiger partial charge on any atom is 0.0952 e. The molecule has 2 nitrogen and oxygen atoms in total. The number of benzene rings is 1. The summed E-state index contributed by atoms with van der Waals surface area (Å²) >= 11 is 9.19. The Morgan fingerprint density at radius 3 is 2.79 bits per heavy atom. The van der Waals surface area contributed by atoms with E-state index in [1.165, 1.54) is 0 Å². The molecule has 1 rings (SSSR count). The third-order valence-corrected chi connectivity index (χ3v) is 3.11. The van der Waals surface area contributed by atoms with Crippen LogP contribution in [0.15, 0.2) is 22.7 Å². The minimum Gasteiger partial charge on any atom is -0.387 e. The van der Waals surface area contributed by atoms with Gasteiger partial charge >= 0.3 is 0 Å². The predicted molar refractivity (Wildman–Crippen MR) is 62.4 cm³/mol. The Labute approximate surface area is 97.2 Å². The smallest absolute Gasteiger partial charge is 0.0952 e. The zero-order valence-electron chi connectivity index (χ0n) is 7.87. The molecule has 0 heterocycles. The van der Waals surface area contributed by atoms with E-state index in [1.807, 2.05) is 13.0 Å². The molecule has 0 aliphatic heterocycles. The average Bonchev–Trinajstić information content (AvgIpc) is 2.19. The van der Waals surface area contributed by atoms with Gasteiger partial charge < -0.3 is 10.8 Å². The fraction of sp³-hybridized carbons (Fsp3) is 0.400. The Hall–Kier alpha value is -0.0900. The highest BCUT2D eigenvalue weighted by atomic mass is 79.9. The normalized spacial score (nSPS) is 15.2. The van der Waals surface area contributed by atoms with Crippen molar-refractivity contribution >= 4 is 27.5 Å². The van der Waals surface area contributed by atoms with Crippen molar-refractivity contribution in [3.8, 4) is 0 Å². The Morgan fingerprint density at radius 1 is 1.57 bits per heavy atom. The molecule has 4 heteroatoms. The summed E-state index contributed by atoms with van der Waals surface area (Å²) in [6.07, 6.45) is 0.0493. The lowest BCUT2D eigenvalue weighted by atomic mass is 10.0. The van der Waals surface area contributed by atoms with Crippen molar-refractivity contribution in [2.45, 2.75) is 25.5 Å². The molecule has 1 aromatic rings. The van der Waals surface area contributed by atoms with Crippen LogP contribution in [0.25, 0.3) is 0 Å². The van der Waals surface area contributed by atoms with Crippen LogP contribution in [0, 0.1) is 0 Å². The zero-order chi connectivity index (χ0) is 10.7. The van der Waals surface area contributed by atoms with Crippen molar-refractivity contribution in [2.75, 3.05) is 0 Å². The van der Waals surface area contributed by atoms with E-state index in [1.54, 1.807) is 12.1 Å². The standard InChI is InChI=1S/C10H13BrClNO/c1-2-9(13)10(14)7-5-6(12)3-4-8(7)11/h3-5,9-10,14H,2,13H2,1H3. The topological polar surface area (TPSA) is 46.2 Å². The van der Waals surface area contributed by atoms with E-state index in [2.05, 4.69) is 15.9 Å². The second-order valence-corrected chi connectivity index (χ2v) is 4.47. The van der Waals surface area contributed by atoms with Gasteiger partial charge in [0, 0.05) is 15.5 Å². The van der Waals surface area contributed by atoms with E-state index >= 15 is 0 Å². The molecule has 0 radical (unpaired) electrons. The number of nitrogens with two attached hydrogens (primary N) is 1. The van der Waals surface area contributed by atoms with E-state index in [9.17, 15) is 5.11 Å². The molecule has 0 amide bonds. The second-order valence-electron chi connectivity index (χ2n) is 3.18. The third kappa shape index (κ3) is 2.70. The van der Waals surface area contributed by atoms with Gasteiger partial charge in [-0.25, -0.2) is 0 Å². The number of hydrogen-bond donors (Lipinski definition) is 2. The summed E-state index contributed by atoms with van der Waals surface area (Å²) in [4.78, 5) is 0. The van der Waals surface area contributed by atoms with Gasteiger partial charge in [0.25, 0.3) is 0 Å². The molecule has 2 atom stereocenters. The van der Waals surface area contributed by atoms with Gasteiger partial charge in [0.15, 0.2) is 0 Å². The Morgan fingerprint density at radius 2 is 2.21 bits per heavy atom. The highest BCUT2D eigenvalue weighted by Crippen LogP contribution is 2.28. The number of aliphatic hydroxyl groups excluding tert-OH is 1. The van der Waals surface area contributed by atoms with E-state index in [0.29, 0.717) is 5.02 Å². The van der Waals surface area contributed by atoms with Crippen LogP contribution in [-0.4, -0.2) is 11.1 Å². The summed E-state index contributed by atoms with van der Waals surface area (Å²) in [7, 11) is 0. The first-order chi connectivity index (χ1) is 6.56. The van der Waals surface area contributed by atoms with E-state index < -0.39 is 6.10 Å². The van der Waals surface area contributed by atoms with Crippen LogP contribution < -0.4 is 5.73 Å². The van der Waals surface area contributed by atoms with Crippen LogP contribution in [0.1, 0.15) is 25.0 Å². The quantitative estimate of drug-likeness (QED) is 0.893. The van der Waals surface area contributed by atoms with Gasteiger partial charge in [-0.1, -0.05) is 34.5 Å². The van der Waals surface area contributed by atoms with Crippen molar-refractivity contribution in [2.24, 2.45) is 5.73 Å². The first-order valence-electron chi connectivity index (χ1n) is 4.44. The Balaban J connectivity index is 2.99. The summed E-state index contributed by atoms with van der Waals surface area (Å²) in [6.45, 7) is 1.94. The molecule has 0 saturated heterocycles. The zero-order valence-corrected chi connectivity index (χ0v) is 10.2. The third-order valence-electron chi connectivity index (χ3n) is 2.15. The lowest BCUT2D eigenvalue weighted by molar-refractivity contribution is 0.144. The highest BCUT2D eigenvalue weighted by molar-refractivity contribution is 9.10. The van der Waals surface area contributed by atoms with Gasteiger partial charge in [0.2, 0.25) is 0 Å². The first kappa shape index (κ1) is 12.0. The first-order valence-corrected chi connectivity index (χ1v) is 5.62. The highest BCUT2D eigenvalue weighted by Gasteiger charge is 2.17. The van der Waals surface area contributed by atoms with E-state index in [0.717, 1.165) is 16.5 Å². The molecule has 0 spiro atoms. The molecule has 0 saturated carbocycles. The average molecular weight is 279 g/mol. The molecule has 1 aromatic carbocycles. The number of rotatable bonds is 3. The number of hydrogen-bond acceptors (Lipinski definition) is 2. The van der Waals surface area contributed by atoms with Crippen LogP contribution in [0.4, 0.5) is 0 Å². The molecule has 0 aliphatic carbocycles. The fourth-order valence-corrected chi connectivity index (χ4v) is 1.86. The Bertz CT molecular complexity index is 319. The summed E-state index contributed by atoms with van der Waals surface area (Å²) < 4.78 is 0.832. The molecule has 0 bridgehead atoms. The van der Waals surface area contributed by atoms with Gasteiger partial charge in [0.1, 0.15) is 0 Å². The van der Waals surface area contributed by atoms with Crippen LogP contribution in [0.3, 0.4) is 0 Å². The van der Waals surface area contributed by atoms with Crippen LogP contribution in [0.2, 0.25) is 5.02 Å². The maximum atomic E-state index is 9.88. The van der Waals surface area contributed by atoms with Gasteiger partial charge in [-0.2, -0.15) is 0 Å². The lowest BCUT2D eigenvalue weighted by Gasteiger charge is -2.18. The van der Waals surface area contributed by atoms with Crippen molar-refractivity contribution < 1.29 is 5.11 Å². The summed E-state index contributed by atoms with van der Waals surface area (Å²) in [6, 6.07) is 5.04. The molecule has 0 aliphatic rings. The largest absolute Gasteiger partial charge is 0.387 e. The summed E-state index contributed by atoms with van der Waals surface area (Å²) in [5, 5.41) is 10.5. The van der Waals surface area contributed by atoms with E-state index in [-0.39, 0.29) is 6.04 Å². The van der Waals surface area contributed by atoms with Crippen LogP contribution in [0.5, 0.6) is 0 Å². The predicted octanol–water partition coefficient (Wildman–Crippen LogP) is 2.87. The van der Waals surface area contributed by atoms with Gasteiger partial charge in [-0.05, 0) is 30.2 Å². The van der Waals surface area contributed by atoms with Gasteiger partial charge in [-0.3, -0.25) is 0 Å². The Kier molecular flexibility index (Phi) is 4.38. The molecular weight excluding hydrogens is 265 g/mol. The molecular formula is C10H13BrClNO. The monoisotopic (exact) mass is 277 g/mol. The van der Waals surface area contributed by atoms with E-state index in [4.69, 9.17) is 17.3 Å². The molecule has 3 N–H and O–H groups in total. The minimum absolute atomic E-state index is 0.259. The van der Waals surface area contributed by atoms with Crippen molar-refractivity contribution in [1.82, 2.24) is 0 Å². The second kappa shape index (κ2) is 5.12. The number of halogens is 2. The van der Waals surface area contributed by atoms with Crippen LogP contribution in [-0.2, 0) is 0 Å². The van der Waals surface area contributed by atoms with Crippen molar-refractivity contribution in [3.05, 3.63) is 33.3 Å². The summed E-state index contributed by atoms with van der Waals surface area (Å²) in [5.74, 6) is 0. The minimum atomic E-state index is -0.673. The fourth-order valence-electron chi connectivity index (χ4n) is 1.20. The maximum absolute atomic E-state index is 9.88. The van der Waals surface area contributed by atoms with Gasteiger partial charge in [0.05, 0.1) is 6.10 Å². The number of aliphatic hydroxyl groups is 1.